The predicted octanol–water partition coefficient (Wildman–Crippen LogP) is 0.643. The highest BCUT2D eigenvalue weighted by atomic mass is 16.6. The number of hydrogen-bond acceptors (Lipinski definition) is 5. The number of tetrazole rings is 1. The molecular weight excluding hydrogens is 198 g/mol. The summed E-state index contributed by atoms with van der Waals surface area (Å²) in [5.41, 5.74) is 1.32. The van der Waals surface area contributed by atoms with Gasteiger partial charge in [-0.05, 0) is 11.3 Å². The van der Waals surface area contributed by atoms with Crippen LogP contribution in [0.5, 0.6) is 0 Å². The first-order chi connectivity index (χ1) is 7.25. The molecule has 7 nitrogen and oxygen atoms in total. The quantitative estimate of drug-likeness (QED) is 0.585. The van der Waals surface area contributed by atoms with Crippen LogP contribution >= 0.6 is 0 Å². The van der Waals surface area contributed by atoms with Gasteiger partial charge in [0, 0.05) is 16.1 Å². The van der Waals surface area contributed by atoms with Gasteiger partial charge in [0.15, 0.2) is 0 Å². The van der Waals surface area contributed by atoms with Crippen LogP contribution in [0.2, 0.25) is 0 Å². The van der Waals surface area contributed by atoms with Gasteiger partial charge in [0.2, 0.25) is 12.4 Å². The van der Waals surface area contributed by atoms with Crippen molar-refractivity contribution >= 4 is 0 Å². The fourth-order valence-corrected chi connectivity index (χ4v) is 1.24. The minimum absolute atomic E-state index is 0.203. The molecule has 1 N–H and O–H groups in total. The number of nitrogens with zero attached hydrogens (tertiary/aromatic N) is 4. The Morgan fingerprint density at radius 3 is 3.00 bits per heavy atom. The van der Waals surface area contributed by atoms with Crippen molar-refractivity contribution in [3.05, 3.63) is 39.9 Å². The summed E-state index contributed by atoms with van der Waals surface area (Å²) < 4.78 is 0. The van der Waals surface area contributed by atoms with Crippen LogP contribution in [0.4, 0.5) is 0 Å². The molecular formula is C8H7N5O2. The molecule has 0 radical (unpaired) electrons. The third-order valence-electron chi connectivity index (χ3n) is 1.84. The molecule has 0 atom stereocenters. The smallest absolute Gasteiger partial charge is 0.228 e. The molecule has 2 rings (SSSR count). The summed E-state index contributed by atoms with van der Waals surface area (Å²) in [6, 6.07) is 6.86. The highest BCUT2D eigenvalue weighted by Gasteiger charge is 2.06. The van der Waals surface area contributed by atoms with Crippen molar-refractivity contribution in [1.29, 1.82) is 0 Å². The maximum Gasteiger partial charge on any atom is 0.228 e. The Morgan fingerprint density at radius 1 is 1.47 bits per heavy atom. The van der Waals surface area contributed by atoms with Gasteiger partial charge in [-0.3, -0.25) is 10.1 Å². The lowest BCUT2D eigenvalue weighted by molar-refractivity contribution is -0.496. The van der Waals surface area contributed by atoms with Crippen LogP contribution in [0.1, 0.15) is 5.56 Å². The van der Waals surface area contributed by atoms with E-state index in [-0.39, 0.29) is 11.5 Å². The van der Waals surface area contributed by atoms with E-state index >= 15 is 0 Å². The number of aromatic amines is 1. The van der Waals surface area contributed by atoms with E-state index in [0.29, 0.717) is 17.0 Å². The van der Waals surface area contributed by atoms with Crippen LogP contribution in [0.15, 0.2) is 24.3 Å². The van der Waals surface area contributed by atoms with E-state index in [2.05, 4.69) is 20.6 Å². The number of hydrogen-bond donors (Lipinski definition) is 1. The summed E-state index contributed by atoms with van der Waals surface area (Å²) in [5.74, 6) is 0.431. The molecule has 76 valence electrons. The minimum Gasteiger partial charge on any atom is -0.264 e. The van der Waals surface area contributed by atoms with Gasteiger partial charge < -0.3 is 0 Å². The topological polar surface area (TPSA) is 97.6 Å². The largest absolute Gasteiger partial charge is 0.264 e. The van der Waals surface area contributed by atoms with Crippen molar-refractivity contribution in [1.82, 2.24) is 20.6 Å². The Balaban J connectivity index is 2.31. The Morgan fingerprint density at radius 2 is 2.33 bits per heavy atom. The lowest BCUT2D eigenvalue weighted by atomic mass is 10.1. The lowest BCUT2D eigenvalue weighted by Gasteiger charge is -1.97. The molecule has 0 aliphatic rings. The summed E-state index contributed by atoms with van der Waals surface area (Å²) in [6.07, 6.45) is 0. The Bertz CT molecular complexity index is 468. The summed E-state index contributed by atoms with van der Waals surface area (Å²) in [4.78, 5) is 9.94. The molecule has 0 saturated carbocycles. The maximum absolute atomic E-state index is 10.3. The highest BCUT2D eigenvalue weighted by molar-refractivity contribution is 5.54. The summed E-state index contributed by atoms with van der Waals surface area (Å²) >= 11 is 0. The minimum atomic E-state index is -0.380. The maximum atomic E-state index is 10.3. The van der Waals surface area contributed by atoms with Crippen molar-refractivity contribution in [2.75, 3.05) is 0 Å². The van der Waals surface area contributed by atoms with E-state index in [9.17, 15) is 10.1 Å². The monoisotopic (exact) mass is 205 g/mol. The normalized spacial score (nSPS) is 10.1. The molecule has 0 aliphatic carbocycles. The van der Waals surface area contributed by atoms with E-state index in [1.165, 1.54) is 0 Å². The molecule has 1 aromatic carbocycles. The third kappa shape index (κ3) is 2.13. The molecule has 0 amide bonds. The molecule has 0 bridgehead atoms. The van der Waals surface area contributed by atoms with Gasteiger partial charge in [-0.25, -0.2) is 0 Å². The van der Waals surface area contributed by atoms with Crippen LogP contribution < -0.4 is 0 Å². The number of H-pyrrole nitrogens is 1. The second-order valence-corrected chi connectivity index (χ2v) is 2.93. The number of rotatable bonds is 3. The van der Waals surface area contributed by atoms with Gasteiger partial charge in [-0.2, -0.15) is 5.21 Å². The van der Waals surface area contributed by atoms with Crippen LogP contribution in [0.25, 0.3) is 11.4 Å². The van der Waals surface area contributed by atoms with Gasteiger partial charge in [-0.15, -0.1) is 10.2 Å². The van der Waals surface area contributed by atoms with Gasteiger partial charge >= 0.3 is 0 Å². The summed E-state index contributed by atoms with van der Waals surface area (Å²) in [7, 11) is 0. The molecule has 1 heterocycles. The molecule has 2 aromatic rings. The molecule has 0 spiro atoms. The van der Waals surface area contributed by atoms with E-state index < -0.39 is 0 Å². The molecule has 7 heteroatoms. The fraction of sp³-hybridized carbons (Fsp3) is 0.125. The molecule has 0 aliphatic heterocycles. The lowest BCUT2D eigenvalue weighted by Crippen LogP contribution is -1.98. The molecule has 15 heavy (non-hydrogen) atoms. The van der Waals surface area contributed by atoms with E-state index in [4.69, 9.17) is 0 Å². The molecule has 0 saturated heterocycles. The Hall–Kier alpha value is -2.31. The van der Waals surface area contributed by atoms with Gasteiger partial charge in [0.25, 0.3) is 0 Å². The van der Waals surface area contributed by atoms with Crippen molar-refractivity contribution < 1.29 is 4.92 Å². The average molecular weight is 205 g/mol. The second kappa shape index (κ2) is 3.82. The first-order valence-corrected chi connectivity index (χ1v) is 4.20. The van der Waals surface area contributed by atoms with Crippen LogP contribution in [-0.4, -0.2) is 25.5 Å². The second-order valence-electron chi connectivity index (χ2n) is 2.93. The van der Waals surface area contributed by atoms with Crippen molar-refractivity contribution in [3.8, 4) is 11.4 Å². The number of aromatic nitrogens is 4. The standard InChI is InChI=1S/C8H7N5O2/c14-13(15)5-6-2-1-3-7(4-6)8-9-11-12-10-8/h1-4H,5H2,(H,9,10,11,12). The van der Waals surface area contributed by atoms with Gasteiger partial charge in [0.05, 0.1) is 0 Å². The number of nitrogens with one attached hydrogen (secondary N) is 1. The SMILES string of the molecule is O=[N+]([O-])Cc1cccc(-c2nn[nH]n2)c1. The van der Waals surface area contributed by atoms with E-state index in [1.54, 1.807) is 24.3 Å². The highest BCUT2D eigenvalue weighted by Crippen LogP contribution is 2.15. The molecule has 0 fully saturated rings. The molecule has 0 unspecified atom stereocenters. The van der Waals surface area contributed by atoms with E-state index in [1.807, 2.05) is 0 Å². The fourth-order valence-electron chi connectivity index (χ4n) is 1.24. The number of benzene rings is 1. The third-order valence-corrected chi connectivity index (χ3v) is 1.84. The average Bonchev–Trinajstić information content (AvgIpc) is 2.69. The summed E-state index contributed by atoms with van der Waals surface area (Å²) in [6.45, 7) is -0.203. The van der Waals surface area contributed by atoms with Crippen LogP contribution in [0.3, 0.4) is 0 Å². The van der Waals surface area contributed by atoms with Gasteiger partial charge in [0.1, 0.15) is 0 Å². The van der Waals surface area contributed by atoms with Crippen molar-refractivity contribution in [2.45, 2.75) is 6.54 Å². The first kappa shape index (κ1) is 9.25. The van der Waals surface area contributed by atoms with Crippen LogP contribution in [0, 0.1) is 10.1 Å². The van der Waals surface area contributed by atoms with Crippen LogP contribution in [-0.2, 0) is 6.54 Å². The van der Waals surface area contributed by atoms with Gasteiger partial charge in [-0.1, -0.05) is 18.2 Å². The number of nitro groups is 1. The first-order valence-electron chi connectivity index (χ1n) is 4.20. The Labute approximate surface area is 84.3 Å². The van der Waals surface area contributed by atoms with Crippen molar-refractivity contribution in [3.63, 3.8) is 0 Å². The zero-order chi connectivity index (χ0) is 10.7. The summed E-state index contributed by atoms with van der Waals surface area (Å²) in [5, 5.41) is 23.6. The van der Waals surface area contributed by atoms with Crippen molar-refractivity contribution in [2.24, 2.45) is 0 Å². The molecule has 1 aromatic heterocycles. The predicted molar refractivity (Wildman–Crippen MR) is 50.3 cm³/mol. The zero-order valence-electron chi connectivity index (χ0n) is 7.62. The zero-order valence-corrected chi connectivity index (χ0v) is 7.62. The van der Waals surface area contributed by atoms with E-state index in [0.717, 1.165) is 0 Å². The Kier molecular flexibility index (Phi) is 2.36.